The molecule has 0 spiro atoms. The topological polar surface area (TPSA) is 101 Å². The molecule has 3 atom stereocenters. The minimum absolute atomic E-state index is 0.0330. The zero-order valence-electron chi connectivity index (χ0n) is 24.0. The maximum absolute atomic E-state index is 14.9. The van der Waals surface area contributed by atoms with E-state index in [4.69, 9.17) is 16.3 Å². The molecule has 0 amide bonds. The van der Waals surface area contributed by atoms with Crippen LogP contribution in [-0.4, -0.2) is 83.9 Å². The number of alkyl halides is 5. The maximum Gasteiger partial charge on any atom is 0.456 e. The molecule has 0 bridgehead atoms. The number of aromatic nitrogens is 1. The second-order valence-corrected chi connectivity index (χ2v) is 11.7. The molecule has 4 rings (SSSR count). The fourth-order valence-corrected chi connectivity index (χ4v) is 6.36. The van der Waals surface area contributed by atoms with E-state index in [0.717, 1.165) is 55.2 Å². The van der Waals surface area contributed by atoms with Gasteiger partial charge in [0.15, 0.2) is 0 Å². The van der Waals surface area contributed by atoms with Crippen LogP contribution in [0.5, 0.6) is 5.75 Å². The van der Waals surface area contributed by atoms with Gasteiger partial charge in [-0.15, -0.1) is 0 Å². The lowest BCUT2D eigenvalue weighted by atomic mass is 9.80. The number of aliphatic hydroxyl groups is 3. The summed E-state index contributed by atoms with van der Waals surface area (Å²) in [5.41, 5.74) is -4.26. The lowest BCUT2D eigenvalue weighted by molar-refractivity contribution is -0.373. The van der Waals surface area contributed by atoms with E-state index in [2.05, 4.69) is 15.2 Å². The molecular weight excluding hydrogens is 599 g/mol. The van der Waals surface area contributed by atoms with E-state index in [0.29, 0.717) is 24.3 Å². The predicted octanol–water partition coefficient (Wildman–Crippen LogP) is 4.68. The normalized spacial score (nSPS) is 21.0. The Hall–Kier alpha value is -2.29. The minimum atomic E-state index is -6.12. The predicted molar refractivity (Wildman–Crippen MR) is 151 cm³/mol. The van der Waals surface area contributed by atoms with Gasteiger partial charge in [0.2, 0.25) is 5.60 Å². The third-order valence-corrected chi connectivity index (χ3v) is 9.05. The van der Waals surface area contributed by atoms with Crippen molar-refractivity contribution in [2.45, 2.75) is 62.3 Å². The summed E-state index contributed by atoms with van der Waals surface area (Å²) in [5.74, 6) is -4.38. The first-order valence-electron chi connectivity index (χ1n) is 14.2. The molecule has 1 aromatic carbocycles. The molecule has 2 aromatic rings. The summed E-state index contributed by atoms with van der Waals surface area (Å²) >= 11 is 6.26. The number of hydrogen-bond donors (Lipinski definition) is 4. The van der Waals surface area contributed by atoms with Gasteiger partial charge in [-0.05, 0) is 80.8 Å². The molecule has 0 aliphatic carbocycles. The summed E-state index contributed by atoms with van der Waals surface area (Å²) in [7, 11) is 2.83. The zero-order chi connectivity index (χ0) is 31.6. The molecule has 0 radical (unpaired) electrons. The molecule has 4 N–H and O–H groups in total. The molecule has 3 heterocycles. The van der Waals surface area contributed by atoms with Crippen LogP contribution in [0.4, 0.5) is 27.8 Å². The molecule has 2 fully saturated rings. The summed E-state index contributed by atoms with van der Waals surface area (Å²) in [6, 6.07) is 7.89. The van der Waals surface area contributed by atoms with Crippen LogP contribution in [0.2, 0.25) is 5.15 Å². The smallest absolute Gasteiger partial charge is 0.456 e. The number of likely N-dealkylation sites (tertiary alicyclic amines) is 1. The molecule has 43 heavy (non-hydrogen) atoms. The molecule has 14 heteroatoms. The van der Waals surface area contributed by atoms with Gasteiger partial charge in [-0.2, -0.15) is 22.0 Å². The van der Waals surface area contributed by atoms with E-state index >= 15 is 0 Å². The Balaban J connectivity index is 1.36. The fourth-order valence-electron chi connectivity index (χ4n) is 6.11. The first kappa shape index (κ1) is 33.6. The highest BCUT2D eigenvalue weighted by molar-refractivity contribution is 6.30. The van der Waals surface area contributed by atoms with Crippen LogP contribution in [0, 0.1) is 11.8 Å². The van der Waals surface area contributed by atoms with Crippen LogP contribution in [0.15, 0.2) is 36.4 Å². The van der Waals surface area contributed by atoms with E-state index in [1.807, 2.05) is 6.07 Å². The standard InChI is InChI=1S/C29H38ClF5N4O4/c1-36-25(40)22-6-7-23(37-24(22)30)38-12-8-18(9-13-38)16-19-10-14-39(15-11-19)26(41)27(42,28(31,32)29(33,34)35)20-4-3-5-21(17-20)43-2/h3-7,17-19,25-26,36,40-42H,8-16H2,1-2H3. The number of pyridine rings is 1. The Morgan fingerprint density at radius 3 is 2.14 bits per heavy atom. The zero-order valence-corrected chi connectivity index (χ0v) is 24.8. The van der Waals surface area contributed by atoms with E-state index in [1.165, 1.54) is 19.2 Å². The third-order valence-electron chi connectivity index (χ3n) is 8.75. The van der Waals surface area contributed by atoms with Gasteiger partial charge in [-0.3, -0.25) is 10.2 Å². The van der Waals surface area contributed by atoms with Crippen molar-refractivity contribution in [3.8, 4) is 5.75 Å². The molecule has 2 saturated heterocycles. The Morgan fingerprint density at radius 1 is 1.00 bits per heavy atom. The van der Waals surface area contributed by atoms with Crippen molar-refractivity contribution in [1.82, 2.24) is 15.2 Å². The van der Waals surface area contributed by atoms with Crippen LogP contribution in [-0.2, 0) is 5.60 Å². The van der Waals surface area contributed by atoms with E-state index in [-0.39, 0.29) is 29.9 Å². The SMILES string of the molecule is CNC(O)c1ccc(N2CCC(CC3CCN(C(O)C(O)(c4cccc(OC)c4)C(F)(F)C(F)(F)F)CC3)CC2)nc1Cl. The van der Waals surface area contributed by atoms with Gasteiger partial charge in [-0.25, -0.2) is 4.98 Å². The Kier molecular flexibility index (Phi) is 10.4. The summed E-state index contributed by atoms with van der Waals surface area (Å²) in [4.78, 5) is 7.65. The monoisotopic (exact) mass is 636 g/mol. The third kappa shape index (κ3) is 6.86. The summed E-state index contributed by atoms with van der Waals surface area (Å²) in [5, 5.41) is 34.9. The molecule has 8 nitrogen and oxygen atoms in total. The number of ether oxygens (including phenoxy) is 1. The summed E-state index contributed by atoms with van der Waals surface area (Å²) < 4.78 is 75.5. The quantitative estimate of drug-likeness (QED) is 0.170. The van der Waals surface area contributed by atoms with Crippen molar-refractivity contribution in [3.05, 3.63) is 52.7 Å². The average Bonchev–Trinajstić information content (AvgIpc) is 3.00. The van der Waals surface area contributed by atoms with Crippen LogP contribution in [0.3, 0.4) is 0 Å². The van der Waals surface area contributed by atoms with Crippen molar-refractivity contribution in [2.24, 2.45) is 11.8 Å². The maximum atomic E-state index is 14.9. The van der Waals surface area contributed by atoms with Gasteiger partial charge < -0.3 is 25.0 Å². The summed E-state index contributed by atoms with van der Waals surface area (Å²) in [6.45, 7) is 1.61. The van der Waals surface area contributed by atoms with Crippen LogP contribution < -0.4 is 15.0 Å². The number of benzene rings is 1. The Bertz CT molecular complexity index is 1230. The summed E-state index contributed by atoms with van der Waals surface area (Å²) in [6.07, 6.45) is -5.95. The van der Waals surface area contributed by atoms with Crippen LogP contribution in [0.25, 0.3) is 0 Å². The molecular formula is C29H38ClF5N4O4. The largest absolute Gasteiger partial charge is 0.497 e. The van der Waals surface area contributed by atoms with Gasteiger partial charge in [0, 0.05) is 31.7 Å². The number of halogens is 6. The molecule has 240 valence electrons. The molecule has 2 aliphatic rings. The molecule has 2 aliphatic heterocycles. The van der Waals surface area contributed by atoms with Crippen LogP contribution in [0.1, 0.15) is 49.5 Å². The number of anilines is 1. The number of rotatable bonds is 10. The van der Waals surface area contributed by atoms with E-state index < -0.39 is 35.7 Å². The number of piperidine rings is 2. The lowest BCUT2D eigenvalue weighted by Crippen LogP contribution is -2.65. The number of nitrogens with one attached hydrogen (secondary N) is 1. The average molecular weight is 637 g/mol. The number of aliphatic hydroxyl groups excluding tert-OH is 2. The minimum Gasteiger partial charge on any atom is -0.497 e. The highest BCUT2D eigenvalue weighted by atomic mass is 35.5. The molecule has 0 saturated carbocycles. The van der Waals surface area contributed by atoms with E-state index in [1.54, 1.807) is 13.1 Å². The Labute approximate surface area is 252 Å². The number of nitrogens with zero attached hydrogens (tertiary/aromatic N) is 3. The first-order chi connectivity index (χ1) is 20.2. The molecule has 1 aromatic heterocycles. The lowest BCUT2D eigenvalue weighted by Gasteiger charge is -2.46. The number of hydrogen-bond acceptors (Lipinski definition) is 8. The van der Waals surface area contributed by atoms with Crippen molar-refractivity contribution < 1.29 is 42.0 Å². The van der Waals surface area contributed by atoms with Crippen molar-refractivity contribution >= 4 is 17.4 Å². The second kappa shape index (κ2) is 13.4. The van der Waals surface area contributed by atoms with Crippen molar-refractivity contribution in [3.63, 3.8) is 0 Å². The van der Waals surface area contributed by atoms with E-state index in [9.17, 15) is 37.3 Å². The fraction of sp³-hybridized carbons (Fsp3) is 0.621. The van der Waals surface area contributed by atoms with Gasteiger partial charge in [0.05, 0.1) is 7.11 Å². The van der Waals surface area contributed by atoms with Crippen molar-refractivity contribution in [2.75, 3.05) is 45.2 Å². The van der Waals surface area contributed by atoms with Gasteiger partial charge in [-0.1, -0.05) is 23.7 Å². The Morgan fingerprint density at radius 2 is 1.60 bits per heavy atom. The van der Waals surface area contributed by atoms with Gasteiger partial charge >= 0.3 is 12.1 Å². The first-order valence-corrected chi connectivity index (χ1v) is 14.6. The highest BCUT2D eigenvalue weighted by Gasteiger charge is 2.73. The van der Waals surface area contributed by atoms with Crippen molar-refractivity contribution in [1.29, 1.82) is 0 Å². The van der Waals surface area contributed by atoms with Gasteiger partial charge in [0.1, 0.15) is 29.2 Å². The number of methoxy groups -OCH3 is 1. The highest BCUT2D eigenvalue weighted by Crippen LogP contribution is 2.51. The second-order valence-electron chi connectivity index (χ2n) is 11.3. The molecule has 3 unspecified atom stereocenters. The van der Waals surface area contributed by atoms with Crippen LogP contribution >= 0.6 is 11.6 Å². The van der Waals surface area contributed by atoms with Gasteiger partial charge in [0.25, 0.3) is 0 Å².